The molecule has 2 heterocycles. The van der Waals surface area contributed by atoms with E-state index in [1.807, 2.05) is 18.2 Å². The van der Waals surface area contributed by atoms with Gasteiger partial charge in [0.25, 0.3) is 0 Å². The van der Waals surface area contributed by atoms with Crippen molar-refractivity contribution in [3.05, 3.63) is 39.3 Å². The second kappa shape index (κ2) is 5.47. The van der Waals surface area contributed by atoms with Crippen LogP contribution < -0.4 is 9.62 Å². The fourth-order valence-electron chi connectivity index (χ4n) is 2.38. The molecule has 0 atom stereocenters. The highest BCUT2D eigenvalue weighted by Gasteiger charge is 2.25. The van der Waals surface area contributed by atoms with Crippen LogP contribution in [0.3, 0.4) is 0 Å². The van der Waals surface area contributed by atoms with Crippen molar-refractivity contribution in [2.45, 2.75) is 13.0 Å². The second-order valence-corrected chi connectivity index (χ2v) is 8.47. The van der Waals surface area contributed by atoms with Crippen LogP contribution in [0.25, 0.3) is 0 Å². The lowest BCUT2D eigenvalue weighted by Crippen LogP contribution is -2.27. The van der Waals surface area contributed by atoms with Gasteiger partial charge in [-0.25, -0.2) is 13.4 Å². The normalized spacial score (nSPS) is 14.3. The maximum atomic E-state index is 11.7. The first-order valence-electron chi connectivity index (χ1n) is 6.38. The Hall–Kier alpha value is -1.31. The van der Waals surface area contributed by atoms with Gasteiger partial charge in [0.15, 0.2) is 4.47 Å². The van der Waals surface area contributed by atoms with Crippen molar-refractivity contribution in [2.24, 2.45) is 0 Å². The third kappa shape index (κ3) is 3.14. The number of hydrogen-bond acceptors (Lipinski definition) is 5. The summed E-state index contributed by atoms with van der Waals surface area (Å²) in [4.78, 5) is 5.05. The molecule has 0 aliphatic carbocycles. The minimum absolute atomic E-state index is 0.516. The smallest absolute Gasteiger partial charge is 0.232 e. The number of anilines is 2. The van der Waals surface area contributed by atoms with Crippen LogP contribution in [0.15, 0.2) is 24.4 Å². The van der Waals surface area contributed by atoms with E-state index in [1.54, 1.807) is 6.20 Å². The molecule has 1 aromatic carbocycles. The molecule has 2 aromatic rings. The molecule has 0 amide bonds. The van der Waals surface area contributed by atoms with Gasteiger partial charge in [-0.15, -0.1) is 11.3 Å². The van der Waals surface area contributed by atoms with Gasteiger partial charge < -0.3 is 5.32 Å². The molecule has 0 unspecified atom stereocenters. The highest BCUT2D eigenvalue weighted by Crippen LogP contribution is 2.32. The molecule has 0 radical (unpaired) electrons. The van der Waals surface area contributed by atoms with Crippen LogP contribution in [0.1, 0.15) is 10.4 Å². The van der Waals surface area contributed by atoms with Crippen molar-refractivity contribution in [2.75, 3.05) is 22.4 Å². The van der Waals surface area contributed by atoms with Crippen LogP contribution in [0.5, 0.6) is 0 Å². The zero-order valence-corrected chi connectivity index (χ0v) is 13.7. The predicted molar refractivity (Wildman–Crippen MR) is 86.8 cm³/mol. The largest absolute Gasteiger partial charge is 0.380 e. The summed E-state index contributed by atoms with van der Waals surface area (Å²) in [5.74, 6) is 0. The number of rotatable bonds is 4. The van der Waals surface area contributed by atoms with Crippen LogP contribution >= 0.6 is 22.9 Å². The van der Waals surface area contributed by atoms with E-state index in [1.165, 1.54) is 21.9 Å². The van der Waals surface area contributed by atoms with Gasteiger partial charge in [-0.3, -0.25) is 4.31 Å². The lowest BCUT2D eigenvalue weighted by molar-refractivity contribution is 0.598. The number of nitrogens with one attached hydrogen (secondary N) is 1. The Balaban J connectivity index is 1.75. The van der Waals surface area contributed by atoms with Crippen molar-refractivity contribution >= 4 is 44.3 Å². The topological polar surface area (TPSA) is 62.3 Å². The number of sulfonamides is 1. The number of nitrogens with zero attached hydrogens (tertiary/aromatic N) is 2. The van der Waals surface area contributed by atoms with Crippen LogP contribution in [-0.4, -0.2) is 26.2 Å². The Labute approximate surface area is 132 Å². The Morgan fingerprint density at radius 2 is 2.29 bits per heavy atom. The van der Waals surface area contributed by atoms with E-state index < -0.39 is 10.0 Å². The highest BCUT2D eigenvalue weighted by molar-refractivity contribution is 7.92. The summed E-state index contributed by atoms with van der Waals surface area (Å²) in [5, 5.41) is 3.30. The van der Waals surface area contributed by atoms with Crippen molar-refractivity contribution in [1.29, 1.82) is 0 Å². The summed E-state index contributed by atoms with van der Waals surface area (Å²) < 4.78 is 25.4. The first-order chi connectivity index (χ1) is 9.93. The summed E-state index contributed by atoms with van der Waals surface area (Å²) in [6.45, 7) is 1.17. The Morgan fingerprint density at radius 1 is 1.48 bits per heavy atom. The van der Waals surface area contributed by atoms with Gasteiger partial charge in [-0.2, -0.15) is 0 Å². The SMILES string of the molecule is CS(=O)(=O)N1CCc2cc(NCc3cnc(Cl)s3)ccc21. The second-order valence-electron chi connectivity index (χ2n) is 4.86. The molecule has 1 aliphatic heterocycles. The van der Waals surface area contributed by atoms with Gasteiger partial charge in [0.2, 0.25) is 10.0 Å². The van der Waals surface area contributed by atoms with E-state index in [4.69, 9.17) is 11.6 Å². The number of hydrogen-bond donors (Lipinski definition) is 1. The van der Waals surface area contributed by atoms with E-state index in [2.05, 4.69) is 10.3 Å². The minimum Gasteiger partial charge on any atom is -0.380 e. The van der Waals surface area contributed by atoms with Crippen molar-refractivity contribution in [3.8, 4) is 0 Å². The molecule has 5 nitrogen and oxygen atoms in total. The molecule has 3 rings (SSSR count). The Kier molecular flexibility index (Phi) is 3.81. The lowest BCUT2D eigenvalue weighted by Gasteiger charge is -2.16. The quantitative estimate of drug-likeness (QED) is 0.927. The summed E-state index contributed by atoms with van der Waals surface area (Å²) in [7, 11) is -3.19. The molecule has 1 aromatic heterocycles. The van der Waals surface area contributed by atoms with Crippen LogP contribution in [0.2, 0.25) is 4.47 Å². The number of halogens is 1. The summed E-state index contributed by atoms with van der Waals surface area (Å²) >= 11 is 7.24. The fraction of sp³-hybridized carbons (Fsp3) is 0.308. The molecule has 0 spiro atoms. The molecule has 21 heavy (non-hydrogen) atoms. The standard InChI is InChI=1S/C13H14ClN3O2S2/c1-21(18,19)17-5-4-9-6-10(2-3-12(9)17)15-7-11-8-16-13(14)20-11/h2-3,6,8,15H,4-5,7H2,1H3. The molecule has 112 valence electrons. The molecular formula is C13H14ClN3O2S2. The molecular weight excluding hydrogens is 330 g/mol. The zero-order chi connectivity index (χ0) is 15.0. The van der Waals surface area contributed by atoms with Gasteiger partial charge in [0.1, 0.15) is 0 Å². The molecule has 1 aliphatic rings. The summed E-state index contributed by atoms with van der Waals surface area (Å²) in [5.41, 5.74) is 2.80. The number of fused-ring (bicyclic) bond motifs is 1. The molecule has 0 bridgehead atoms. The highest BCUT2D eigenvalue weighted by atomic mass is 35.5. The summed E-state index contributed by atoms with van der Waals surface area (Å²) in [6.07, 6.45) is 3.73. The van der Waals surface area contributed by atoms with Gasteiger partial charge in [0, 0.05) is 23.3 Å². The number of aromatic nitrogens is 1. The zero-order valence-electron chi connectivity index (χ0n) is 11.3. The first-order valence-corrected chi connectivity index (χ1v) is 9.42. The monoisotopic (exact) mass is 343 g/mol. The number of thiazole rings is 1. The Morgan fingerprint density at radius 3 is 2.95 bits per heavy atom. The average molecular weight is 344 g/mol. The average Bonchev–Trinajstić information content (AvgIpc) is 3.01. The van der Waals surface area contributed by atoms with E-state index in [-0.39, 0.29) is 0 Å². The minimum atomic E-state index is -3.19. The van der Waals surface area contributed by atoms with Crippen LogP contribution in [0, 0.1) is 0 Å². The number of benzene rings is 1. The van der Waals surface area contributed by atoms with Crippen LogP contribution in [0.4, 0.5) is 11.4 Å². The molecule has 8 heteroatoms. The van der Waals surface area contributed by atoms with Gasteiger partial charge >= 0.3 is 0 Å². The van der Waals surface area contributed by atoms with E-state index in [0.717, 1.165) is 28.2 Å². The molecule has 1 N–H and O–H groups in total. The molecule has 0 saturated heterocycles. The maximum absolute atomic E-state index is 11.7. The van der Waals surface area contributed by atoms with E-state index >= 15 is 0 Å². The van der Waals surface area contributed by atoms with Gasteiger partial charge in [0.05, 0.1) is 18.5 Å². The van der Waals surface area contributed by atoms with E-state index in [9.17, 15) is 8.42 Å². The van der Waals surface area contributed by atoms with Crippen molar-refractivity contribution < 1.29 is 8.42 Å². The molecule has 0 saturated carbocycles. The summed E-state index contributed by atoms with van der Waals surface area (Å²) in [6, 6.07) is 5.75. The lowest BCUT2D eigenvalue weighted by atomic mass is 10.1. The van der Waals surface area contributed by atoms with Gasteiger partial charge in [-0.1, -0.05) is 11.6 Å². The Bertz CT molecular complexity index is 773. The van der Waals surface area contributed by atoms with Crippen molar-refractivity contribution in [3.63, 3.8) is 0 Å². The van der Waals surface area contributed by atoms with Crippen LogP contribution in [-0.2, 0) is 23.0 Å². The maximum Gasteiger partial charge on any atom is 0.232 e. The predicted octanol–water partition coefficient (Wildman–Crippen LogP) is 2.73. The molecule has 0 fully saturated rings. The van der Waals surface area contributed by atoms with Gasteiger partial charge in [-0.05, 0) is 30.2 Å². The first kappa shape index (κ1) is 14.6. The fourth-order valence-corrected chi connectivity index (χ4v) is 4.26. The van der Waals surface area contributed by atoms with E-state index in [0.29, 0.717) is 17.6 Å². The third-order valence-electron chi connectivity index (χ3n) is 3.32. The van der Waals surface area contributed by atoms with Crippen molar-refractivity contribution in [1.82, 2.24) is 4.98 Å². The third-order valence-corrected chi connectivity index (χ3v) is 5.62.